The Kier molecular flexibility index (Phi) is 3.80. The van der Waals surface area contributed by atoms with Gasteiger partial charge in [0.15, 0.2) is 0 Å². The Bertz CT molecular complexity index is 437. The van der Waals surface area contributed by atoms with E-state index in [9.17, 15) is 0 Å². The van der Waals surface area contributed by atoms with E-state index in [-0.39, 0.29) is 0 Å². The van der Waals surface area contributed by atoms with Crippen LogP contribution in [0.3, 0.4) is 0 Å². The van der Waals surface area contributed by atoms with Gasteiger partial charge in [0.2, 0.25) is 0 Å². The summed E-state index contributed by atoms with van der Waals surface area (Å²) in [6.07, 6.45) is 0. The van der Waals surface area contributed by atoms with Crippen molar-refractivity contribution < 1.29 is 0 Å². The molecule has 0 aromatic heterocycles. The lowest BCUT2D eigenvalue weighted by Gasteiger charge is -2.06. The van der Waals surface area contributed by atoms with Crippen molar-refractivity contribution >= 4 is 27.3 Å². The number of nitrogen functional groups attached to an aromatic ring is 1. The van der Waals surface area contributed by atoms with Crippen LogP contribution in [-0.4, -0.2) is 0 Å². The average molecular weight is 247 g/mol. The molecule has 0 saturated carbocycles. The predicted octanol–water partition coefficient (Wildman–Crippen LogP) is 4.38. The van der Waals surface area contributed by atoms with Crippen LogP contribution < -0.4 is 5.73 Å². The van der Waals surface area contributed by atoms with E-state index < -0.39 is 0 Å². The molecule has 0 aliphatic rings. The normalized spacial score (nSPS) is 10.3. The van der Waals surface area contributed by atoms with Gasteiger partial charge in [-0.2, -0.15) is 0 Å². The molecule has 0 atom stereocenters. The molecule has 2 N–H and O–H groups in total. The highest BCUT2D eigenvalue weighted by molar-refractivity contribution is 8.76. The van der Waals surface area contributed by atoms with Crippen molar-refractivity contribution in [1.82, 2.24) is 0 Å². The zero-order valence-electron chi connectivity index (χ0n) is 9.01. The Morgan fingerprint density at radius 3 is 2.06 bits per heavy atom. The Morgan fingerprint density at radius 2 is 1.38 bits per heavy atom. The van der Waals surface area contributed by atoms with Gasteiger partial charge in [-0.25, -0.2) is 0 Å². The minimum absolute atomic E-state index is 0.841. The van der Waals surface area contributed by atoms with Gasteiger partial charge in [0.05, 0.1) is 0 Å². The molecule has 0 spiro atoms. The average Bonchev–Trinajstić information content (AvgIpc) is 2.30. The number of hydrogen-bond acceptors (Lipinski definition) is 3. The summed E-state index contributed by atoms with van der Waals surface area (Å²) >= 11 is 0. The molecule has 0 saturated heterocycles. The van der Waals surface area contributed by atoms with Crippen LogP contribution in [0.2, 0.25) is 0 Å². The maximum atomic E-state index is 5.89. The van der Waals surface area contributed by atoms with Gasteiger partial charge in [0.1, 0.15) is 0 Å². The third kappa shape index (κ3) is 2.74. The number of anilines is 1. The molecule has 0 amide bonds. The largest absolute Gasteiger partial charge is 0.398 e. The Balaban J connectivity index is 2.09. The number of nitrogens with two attached hydrogens (primary N) is 1. The summed E-state index contributed by atoms with van der Waals surface area (Å²) in [6.45, 7) is 2.12. The van der Waals surface area contributed by atoms with Crippen molar-refractivity contribution in [2.45, 2.75) is 16.7 Å². The molecule has 3 heteroatoms. The van der Waals surface area contributed by atoms with E-state index in [1.54, 1.807) is 21.6 Å². The van der Waals surface area contributed by atoms with Crippen molar-refractivity contribution in [3.05, 3.63) is 54.1 Å². The lowest BCUT2D eigenvalue weighted by molar-refractivity contribution is 1.31. The van der Waals surface area contributed by atoms with Crippen molar-refractivity contribution in [2.75, 3.05) is 5.73 Å². The second-order valence-electron chi connectivity index (χ2n) is 3.47. The van der Waals surface area contributed by atoms with Crippen LogP contribution in [0.4, 0.5) is 5.69 Å². The summed E-state index contributed by atoms with van der Waals surface area (Å²) < 4.78 is 0. The molecule has 0 radical (unpaired) electrons. The molecule has 0 aliphatic carbocycles. The van der Waals surface area contributed by atoms with E-state index in [2.05, 4.69) is 31.2 Å². The van der Waals surface area contributed by atoms with Gasteiger partial charge in [-0.1, -0.05) is 51.9 Å². The van der Waals surface area contributed by atoms with Crippen LogP contribution in [0, 0.1) is 6.92 Å². The van der Waals surface area contributed by atoms with Crippen LogP contribution in [0.5, 0.6) is 0 Å². The van der Waals surface area contributed by atoms with Crippen LogP contribution in [-0.2, 0) is 0 Å². The standard InChI is InChI=1S/C13H13NS2/c1-10-6-2-4-8-12(10)15-16-13-9-5-3-7-11(13)14/h2-9H,14H2,1H3. The Labute approximate surface area is 104 Å². The van der Waals surface area contributed by atoms with Crippen molar-refractivity contribution in [1.29, 1.82) is 0 Å². The fourth-order valence-electron chi connectivity index (χ4n) is 1.30. The zero-order valence-corrected chi connectivity index (χ0v) is 10.6. The quantitative estimate of drug-likeness (QED) is 0.644. The molecule has 16 heavy (non-hydrogen) atoms. The second kappa shape index (κ2) is 5.32. The van der Waals surface area contributed by atoms with E-state index >= 15 is 0 Å². The number of benzene rings is 2. The summed E-state index contributed by atoms with van der Waals surface area (Å²) in [6, 6.07) is 16.3. The third-order valence-corrected chi connectivity index (χ3v) is 4.83. The monoisotopic (exact) mass is 247 g/mol. The molecule has 0 unspecified atom stereocenters. The topological polar surface area (TPSA) is 26.0 Å². The van der Waals surface area contributed by atoms with Crippen LogP contribution in [0.1, 0.15) is 5.56 Å². The molecule has 2 aromatic carbocycles. The van der Waals surface area contributed by atoms with Crippen molar-refractivity contribution in [3.8, 4) is 0 Å². The maximum Gasteiger partial charge on any atom is 0.0461 e. The van der Waals surface area contributed by atoms with Crippen LogP contribution in [0.25, 0.3) is 0 Å². The molecule has 0 fully saturated rings. The van der Waals surface area contributed by atoms with Gasteiger partial charge in [-0.05, 0) is 30.7 Å². The fourth-order valence-corrected chi connectivity index (χ4v) is 3.66. The van der Waals surface area contributed by atoms with Crippen molar-refractivity contribution in [3.63, 3.8) is 0 Å². The number of rotatable bonds is 3. The minimum atomic E-state index is 0.841. The minimum Gasteiger partial charge on any atom is -0.398 e. The molecular weight excluding hydrogens is 234 g/mol. The summed E-state index contributed by atoms with van der Waals surface area (Å²) in [5.41, 5.74) is 8.03. The molecule has 82 valence electrons. The number of para-hydroxylation sites is 1. The Morgan fingerprint density at radius 1 is 0.812 bits per heavy atom. The van der Waals surface area contributed by atoms with Crippen molar-refractivity contribution in [2.24, 2.45) is 0 Å². The van der Waals surface area contributed by atoms with Gasteiger partial charge in [0.25, 0.3) is 0 Å². The first-order chi connectivity index (χ1) is 7.77. The van der Waals surface area contributed by atoms with Crippen LogP contribution in [0.15, 0.2) is 58.3 Å². The molecule has 0 aliphatic heterocycles. The highest BCUT2D eigenvalue weighted by atomic mass is 33.1. The van der Waals surface area contributed by atoms with Gasteiger partial charge >= 0.3 is 0 Å². The maximum absolute atomic E-state index is 5.89. The van der Waals surface area contributed by atoms with E-state index in [0.717, 1.165) is 10.6 Å². The van der Waals surface area contributed by atoms with Gasteiger partial charge in [-0.15, -0.1) is 0 Å². The summed E-state index contributed by atoms with van der Waals surface area (Å²) in [5.74, 6) is 0. The van der Waals surface area contributed by atoms with E-state index in [1.807, 2.05) is 24.3 Å². The zero-order chi connectivity index (χ0) is 11.4. The highest BCUT2D eigenvalue weighted by Crippen LogP contribution is 2.40. The van der Waals surface area contributed by atoms with E-state index in [1.165, 1.54) is 10.5 Å². The lowest BCUT2D eigenvalue weighted by atomic mass is 10.2. The summed E-state index contributed by atoms with van der Waals surface area (Å²) in [7, 11) is 3.46. The van der Waals surface area contributed by atoms with Gasteiger partial charge in [0, 0.05) is 15.5 Å². The molecule has 2 rings (SSSR count). The smallest absolute Gasteiger partial charge is 0.0461 e. The fraction of sp³-hybridized carbons (Fsp3) is 0.0769. The molecule has 2 aromatic rings. The van der Waals surface area contributed by atoms with Crippen LogP contribution >= 0.6 is 21.6 Å². The first-order valence-electron chi connectivity index (χ1n) is 5.02. The number of aryl methyl sites for hydroxylation is 1. The number of hydrogen-bond donors (Lipinski definition) is 1. The molecule has 0 bridgehead atoms. The first kappa shape index (κ1) is 11.4. The SMILES string of the molecule is Cc1ccccc1SSc1ccccc1N. The third-order valence-electron chi connectivity index (χ3n) is 2.23. The molecule has 1 nitrogen and oxygen atoms in total. The predicted molar refractivity (Wildman–Crippen MR) is 73.7 cm³/mol. The first-order valence-corrected chi connectivity index (χ1v) is 7.17. The van der Waals surface area contributed by atoms with E-state index in [0.29, 0.717) is 0 Å². The van der Waals surface area contributed by atoms with E-state index in [4.69, 9.17) is 5.73 Å². The van der Waals surface area contributed by atoms with Gasteiger partial charge in [-0.3, -0.25) is 0 Å². The summed E-state index contributed by atoms with van der Waals surface area (Å²) in [5, 5.41) is 0. The summed E-state index contributed by atoms with van der Waals surface area (Å²) in [4.78, 5) is 2.41. The molecular formula is C13H13NS2. The second-order valence-corrected chi connectivity index (χ2v) is 5.68. The lowest BCUT2D eigenvalue weighted by Crippen LogP contribution is -1.85. The van der Waals surface area contributed by atoms with Gasteiger partial charge < -0.3 is 5.73 Å². The molecule has 0 heterocycles. The Hall–Kier alpha value is -1.06. The highest BCUT2D eigenvalue weighted by Gasteiger charge is 2.02.